The predicted octanol–water partition coefficient (Wildman–Crippen LogP) is 3.92. The maximum atomic E-state index is 12.5. The van der Waals surface area contributed by atoms with Gasteiger partial charge in [-0.2, -0.15) is 8.42 Å². The van der Waals surface area contributed by atoms with Gasteiger partial charge in [0.2, 0.25) is 10.0 Å². The molecule has 0 saturated carbocycles. The molecule has 0 aliphatic heterocycles. The topological polar surface area (TPSA) is 127 Å². The molecule has 0 radical (unpaired) electrons. The van der Waals surface area contributed by atoms with Crippen LogP contribution in [-0.2, 0) is 42.9 Å². The van der Waals surface area contributed by atoms with Crippen LogP contribution in [-0.4, -0.2) is 34.0 Å². The fourth-order valence-corrected chi connectivity index (χ4v) is 8.05. The normalized spacial score (nSPS) is 12.7. The zero-order chi connectivity index (χ0) is 25.6. The van der Waals surface area contributed by atoms with Crippen LogP contribution in [0.2, 0.25) is 0 Å². The zero-order valence-electron chi connectivity index (χ0n) is 18.1. The van der Waals surface area contributed by atoms with Crippen LogP contribution in [0.1, 0.15) is 16.7 Å². The van der Waals surface area contributed by atoms with E-state index in [1.807, 2.05) is 45.2 Å². The van der Waals surface area contributed by atoms with Gasteiger partial charge < -0.3 is 9.29 Å². The van der Waals surface area contributed by atoms with Crippen molar-refractivity contribution < 1.29 is 30.9 Å². The number of hydrogen-bond acceptors (Lipinski definition) is 6. The first-order valence-corrected chi connectivity index (χ1v) is 15.5. The maximum Gasteiger partial charge on any atom is 0.322 e. The molecule has 1 unspecified atom stereocenters. The van der Waals surface area contributed by atoms with Crippen molar-refractivity contribution in [3.63, 3.8) is 0 Å². The van der Waals surface area contributed by atoms with Gasteiger partial charge in [-0.05, 0) is 80.4 Å². The van der Waals surface area contributed by atoms with Gasteiger partial charge in [0, 0.05) is 0 Å². The summed E-state index contributed by atoms with van der Waals surface area (Å²) in [7, 11) is -7.85. The van der Waals surface area contributed by atoms with Gasteiger partial charge in [0.1, 0.15) is 11.8 Å². The highest BCUT2D eigenvalue weighted by Gasteiger charge is 2.26. The highest BCUT2D eigenvalue weighted by Crippen LogP contribution is 2.31. The number of aliphatic carboxylic acids is 1. The molecule has 0 aliphatic carbocycles. The molecule has 3 rings (SSSR count). The molecule has 35 heavy (non-hydrogen) atoms. The average Bonchev–Trinajstić information content (AvgIpc) is 2.76. The number of nitrogens with one attached hydrogen (secondary N) is 1. The van der Waals surface area contributed by atoms with E-state index in [1.165, 1.54) is 0 Å². The molecule has 0 aromatic heterocycles. The summed E-state index contributed by atoms with van der Waals surface area (Å²) in [6.07, 6.45) is -0.133. The van der Waals surface area contributed by atoms with E-state index < -0.39 is 32.2 Å². The summed E-state index contributed by atoms with van der Waals surface area (Å²) in [5, 5.41) is 9.62. The van der Waals surface area contributed by atoms with Crippen LogP contribution in [0.4, 0.5) is 0 Å². The molecule has 0 heterocycles. The quantitative estimate of drug-likeness (QED) is 0.226. The number of rotatable bonds is 11. The van der Waals surface area contributed by atoms with Crippen LogP contribution in [0.5, 0.6) is 5.75 Å². The van der Waals surface area contributed by atoms with Crippen molar-refractivity contribution in [1.82, 2.24) is 4.72 Å². The fourth-order valence-electron chi connectivity index (χ4n) is 3.21. The SMILES string of the molecule is O=C(O)C(Cc1cc(I)c(OS(=O)(=O)Cc2ccccc2)c(I)c1)NS(=O)(=O)Cc1ccccc1. The Hall–Kier alpha value is -1.75. The van der Waals surface area contributed by atoms with Gasteiger partial charge >= 0.3 is 16.1 Å². The van der Waals surface area contributed by atoms with E-state index in [9.17, 15) is 26.7 Å². The smallest absolute Gasteiger partial charge is 0.322 e. The van der Waals surface area contributed by atoms with E-state index in [1.54, 1.807) is 72.8 Å². The number of carboxylic acid groups (broad SMARTS) is 1. The largest absolute Gasteiger partial charge is 0.480 e. The fraction of sp³-hybridized carbons (Fsp3) is 0.174. The summed E-state index contributed by atoms with van der Waals surface area (Å²) < 4.78 is 58.7. The lowest BCUT2D eigenvalue weighted by Crippen LogP contribution is -2.42. The third-order valence-corrected chi connectivity index (χ3v) is 8.78. The Morgan fingerprint density at radius 1 is 0.829 bits per heavy atom. The molecule has 0 fully saturated rings. The molecule has 0 bridgehead atoms. The van der Waals surface area contributed by atoms with E-state index in [4.69, 9.17) is 4.18 Å². The van der Waals surface area contributed by atoms with Crippen molar-refractivity contribution in [2.75, 3.05) is 0 Å². The molecule has 1 atom stereocenters. The Morgan fingerprint density at radius 3 is 1.80 bits per heavy atom. The predicted molar refractivity (Wildman–Crippen MR) is 149 cm³/mol. The van der Waals surface area contributed by atoms with Gasteiger partial charge in [-0.1, -0.05) is 60.7 Å². The Balaban J connectivity index is 1.75. The molecule has 3 aromatic carbocycles. The van der Waals surface area contributed by atoms with Crippen molar-refractivity contribution >= 4 is 71.3 Å². The minimum Gasteiger partial charge on any atom is -0.480 e. The van der Waals surface area contributed by atoms with Crippen LogP contribution in [0, 0.1) is 7.14 Å². The second-order valence-electron chi connectivity index (χ2n) is 7.62. The molecule has 186 valence electrons. The highest BCUT2D eigenvalue weighted by molar-refractivity contribution is 14.1. The molecule has 0 amide bonds. The summed E-state index contributed by atoms with van der Waals surface area (Å²) >= 11 is 3.82. The first-order valence-electron chi connectivity index (χ1n) is 10.1. The minimum absolute atomic E-state index is 0.133. The summed E-state index contributed by atoms with van der Waals surface area (Å²) in [6, 6.07) is 18.8. The number of carbonyl (C=O) groups is 1. The Morgan fingerprint density at radius 2 is 1.31 bits per heavy atom. The lowest BCUT2D eigenvalue weighted by molar-refractivity contribution is -0.138. The molecule has 0 saturated heterocycles. The Bertz CT molecular complexity index is 1380. The first-order chi connectivity index (χ1) is 16.4. The summed E-state index contributed by atoms with van der Waals surface area (Å²) in [4.78, 5) is 11.8. The van der Waals surface area contributed by atoms with Gasteiger partial charge in [-0.3, -0.25) is 4.79 Å². The molecule has 2 N–H and O–H groups in total. The van der Waals surface area contributed by atoms with Gasteiger partial charge in [0.25, 0.3) is 0 Å². The van der Waals surface area contributed by atoms with Crippen molar-refractivity contribution in [3.05, 3.63) is 96.6 Å². The van der Waals surface area contributed by atoms with Crippen molar-refractivity contribution in [3.8, 4) is 5.75 Å². The number of hydrogen-bond donors (Lipinski definition) is 2. The van der Waals surface area contributed by atoms with Gasteiger partial charge in [-0.25, -0.2) is 13.1 Å². The van der Waals surface area contributed by atoms with E-state index in [0.29, 0.717) is 23.8 Å². The first kappa shape index (κ1) is 27.8. The van der Waals surface area contributed by atoms with E-state index in [2.05, 4.69) is 4.72 Å². The lowest BCUT2D eigenvalue weighted by atomic mass is 10.1. The highest BCUT2D eigenvalue weighted by atomic mass is 127. The summed E-state index contributed by atoms with van der Waals surface area (Å²) in [5.74, 6) is -1.83. The standard InChI is InChI=1S/C23H21I2NO7S2/c24-19-11-18(12-20(25)22(19)33-35(31,32)15-17-9-5-2-6-10-17)13-21(23(27)28)26-34(29,30)14-16-7-3-1-4-8-16/h1-12,21,26H,13-15H2,(H,27,28). The van der Waals surface area contributed by atoms with Gasteiger partial charge in [0.15, 0.2) is 5.75 Å². The van der Waals surface area contributed by atoms with E-state index in [0.717, 1.165) is 0 Å². The van der Waals surface area contributed by atoms with Gasteiger partial charge in [0.05, 0.1) is 12.9 Å². The van der Waals surface area contributed by atoms with Crippen molar-refractivity contribution in [1.29, 1.82) is 0 Å². The number of halogens is 2. The second-order valence-corrected chi connectivity index (χ2v) is 13.3. The molecular formula is C23H21I2NO7S2. The number of sulfonamides is 1. The Labute approximate surface area is 231 Å². The summed E-state index contributed by atoms with van der Waals surface area (Å²) in [5.41, 5.74) is 1.63. The number of carboxylic acids is 1. The number of benzene rings is 3. The molecule has 8 nitrogen and oxygen atoms in total. The van der Waals surface area contributed by atoms with E-state index >= 15 is 0 Å². The van der Waals surface area contributed by atoms with Crippen molar-refractivity contribution in [2.24, 2.45) is 0 Å². The molecule has 0 spiro atoms. The zero-order valence-corrected chi connectivity index (χ0v) is 24.0. The van der Waals surface area contributed by atoms with Gasteiger partial charge in [-0.15, -0.1) is 0 Å². The second kappa shape index (κ2) is 12.0. The summed E-state index contributed by atoms with van der Waals surface area (Å²) in [6.45, 7) is 0. The average molecular weight is 741 g/mol. The third kappa shape index (κ3) is 8.70. The van der Waals surface area contributed by atoms with Crippen LogP contribution >= 0.6 is 45.2 Å². The molecule has 3 aromatic rings. The van der Waals surface area contributed by atoms with Crippen LogP contribution < -0.4 is 8.91 Å². The molecular weight excluding hydrogens is 720 g/mol. The lowest BCUT2D eigenvalue weighted by Gasteiger charge is -2.17. The minimum atomic E-state index is -3.93. The van der Waals surface area contributed by atoms with Crippen LogP contribution in [0.3, 0.4) is 0 Å². The Kier molecular flexibility index (Phi) is 9.53. The van der Waals surface area contributed by atoms with E-state index in [-0.39, 0.29) is 23.7 Å². The molecule has 0 aliphatic rings. The van der Waals surface area contributed by atoms with Crippen LogP contribution in [0.25, 0.3) is 0 Å². The molecule has 12 heteroatoms. The van der Waals surface area contributed by atoms with Crippen molar-refractivity contribution in [2.45, 2.75) is 24.0 Å². The third-order valence-electron chi connectivity index (χ3n) is 4.71. The maximum absolute atomic E-state index is 12.5. The van der Waals surface area contributed by atoms with Crippen LogP contribution in [0.15, 0.2) is 72.8 Å². The monoisotopic (exact) mass is 741 g/mol.